The molecule has 0 saturated heterocycles. The Morgan fingerprint density at radius 2 is 1.23 bits per heavy atom. The lowest BCUT2D eigenvalue weighted by molar-refractivity contribution is -0.0500. The van der Waals surface area contributed by atoms with Gasteiger partial charge in [0.15, 0.2) is 5.75 Å². The number of benzene rings is 3. The van der Waals surface area contributed by atoms with Gasteiger partial charge in [0.25, 0.3) is 0 Å². The smallest absolute Gasteiger partial charge is 0.375 e. The third kappa shape index (κ3) is 4.34. The minimum absolute atomic E-state index is 0.223. The molecule has 10 heteroatoms. The van der Waals surface area contributed by atoms with Gasteiger partial charge < -0.3 is 4.18 Å². The molecule has 0 aliphatic carbocycles. The fourth-order valence-electron chi connectivity index (χ4n) is 2.61. The zero-order valence-electron chi connectivity index (χ0n) is 15.4. The minimum atomic E-state index is -6.03. The Hall–Kier alpha value is -2.85. The fourth-order valence-corrected chi connectivity index (χ4v) is 4.52. The van der Waals surface area contributed by atoms with E-state index in [9.17, 15) is 30.0 Å². The van der Waals surface area contributed by atoms with Crippen LogP contribution in [0.1, 0.15) is 5.56 Å². The van der Waals surface area contributed by atoms with Gasteiger partial charge >= 0.3 is 15.6 Å². The molecule has 30 heavy (non-hydrogen) atoms. The zero-order chi connectivity index (χ0) is 22.2. The lowest BCUT2D eigenvalue weighted by Gasteiger charge is -2.13. The Balaban J connectivity index is 1.99. The molecule has 0 radical (unpaired) electrons. The lowest BCUT2D eigenvalue weighted by atomic mass is 10.0. The number of rotatable bonds is 5. The second-order valence-electron chi connectivity index (χ2n) is 6.32. The number of halogens is 3. The van der Waals surface area contributed by atoms with Crippen molar-refractivity contribution >= 4 is 20.0 Å². The van der Waals surface area contributed by atoms with Crippen molar-refractivity contribution in [3.8, 4) is 16.9 Å². The summed E-state index contributed by atoms with van der Waals surface area (Å²) in [5.74, 6) is -0.933. The summed E-state index contributed by atoms with van der Waals surface area (Å²) in [6.07, 6.45) is 0. The summed E-state index contributed by atoms with van der Waals surface area (Å²) in [4.78, 5) is -0.917. The van der Waals surface area contributed by atoms with Crippen molar-refractivity contribution in [3.63, 3.8) is 0 Å². The van der Waals surface area contributed by atoms with Gasteiger partial charge in [-0.05, 0) is 42.3 Å². The molecule has 0 aromatic heterocycles. The van der Waals surface area contributed by atoms with Crippen LogP contribution in [0.15, 0.2) is 82.6 Å². The molecule has 0 saturated carbocycles. The standard InChI is InChI=1S/C20H15F3O5S2/c1-14-6-8-15(9-7-14)16-10-12-17(13-11-16)29(24,25)19-5-3-2-4-18(19)28-30(26,27)20(21,22)23/h2-13H,1H3. The molecule has 0 atom stereocenters. The number of para-hydroxylation sites is 1. The number of aryl methyl sites for hydroxylation is 1. The van der Waals surface area contributed by atoms with E-state index in [2.05, 4.69) is 4.18 Å². The monoisotopic (exact) mass is 456 g/mol. The summed E-state index contributed by atoms with van der Waals surface area (Å²) >= 11 is 0. The van der Waals surface area contributed by atoms with Crippen LogP contribution in [0.2, 0.25) is 0 Å². The SMILES string of the molecule is Cc1ccc(-c2ccc(S(=O)(=O)c3ccccc3OS(=O)(=O)C(F)(F)F)cc2)cc1. The van der Waals surface area contributed by atoms with Crippen LogP contribution in [-0.4, -0.2) is 22.3 Å². The van der Waals surface area contributed by atoms with Crippen molar-refractivity contribution in [1.29, 1.82) is 0 Å². The molecule has 0 unspecified atom stereocenters. The normalized spacial score (nSPS) is 12.5. The quantitative estimate of drug-likeness (QED) is 0.410. The third-order valence-electron chi connectivity index (χ3n) is 4.17. The molecule has 5 nitrogen and oxygen atoms in total. The number of alkyl halides is 3. The van der Waals surface area contributed by atoms with E-state index >= 15 is 0 Å². The zero-order valence-corrected chi connectivity index (χ0v) is 17.1. The fraction of sp³-hybridized carbons (Fsp3) is 0.100. The van der Waals surface area contributed by atoms with Gasteiger partial charge in [0.2, 0.25) is 9.84 Å². The molecule has 0 bridgehead atoms. The molecule has 158 valence electrons. The molecule has 0 aliphatic heterocycles. The lowest BCUT2D eigenvalue weighted by Crippen LogP contribution is -2.28. The van der Waals surface area contributed by atoms with E-state index in [-0.39, 0.29) is 4.90 Å². The van der Waals surface area contributed by atoms with Crippen LogP contribution in [0.3, 0.4) is 0 Å². The summed E-state index contributed by atoms with van der Waals surface area (Å²) in [7, 11) is -10.4. The summed E-state index contributed by atoms with van der Waals surface area (Å²) < 4.78 is 90.5. The van der Waals surface area contributed by atoms with E-state index in [1.54, 1.807) is 12.1 Å². The van der Waals surface area contributed by atoms with Crippen LogP contribution in [0.25, 0.3) is 11.1 Å². The van der Waals surface area contributed by atoms with Gasteiger partial charge in [-0.2, -0.15) is 21.6 Å². The molecule has 0 aliphatic rings. The number of hydrogen-bond acceptors (Lipinski definition) is 5. The Morgan fingerprint density at radius 3 is 1.77 bits per heavy atom. The van der Waals surface area contributed by atoms with Crippen molar-refractivity contribution in [2.75, 3.05) is 0 Å². The summed E-state index contributed by atoms with van der Waals surface area (Å²) in [5, 5.41) is 0. The largest absolute Gasteiger partial charge is 0.534 e. The maximum absolute atomic E-state index is 12.9. The average Bonchev–Trinajstić information content (AvgIpc) is 2.68. The molecule has 3 rings (SSSR count). The molecule has 0 N–H and O–H groups in total. The van der Waals surface area contributed by atoms with Gasteiger partial charge in [-0.25, -0.2) is 8.42 Å². The van der Waals surface area contributed by atoms with E-state index in [1.807, 2.05) is 31.2 Å². The Bertz CT molecular complexity index is 1260. The molecule has 0 spiro atoms. The van der Waals surface area contributed by atoms with Gasteiger partial charge in [-0.15, -0.1) is 0 Å². The number of sulfone groups is 1. The molecular weight excluding hydrogens is 441 g/mol. The summed E-state index contributed by atoms with van der Waals surface area (Å²) in [6, 6.07) is 17.4. The Labute approximate surface area is 171 Å². The molecular formula is C20H15F3O5S2. The van der Waals surface area contributed by atoms with Crippen LogP contribution < -0.4 is 4.18 Å². The predicted octanol–water partition coefficient (Wildman–Crippen LogP) is 4.72. The number of hydrogen-bond donors (Lipinski definition) is 0. The van der Waals surface area contributed by atoms with Gasteiger partial charge in [0.05, 0.1) is 4.90 Å². The summed E-state index contributed by atoms with van der Waals surface area (Å²) in [5.41, 5.74) is -3.05. The highest BCUT2D eigenvalue weighted by Gasteiger charge is 2.49. The molecule has 0 fully saturated rings. The van der Waals surface area contributed by atoms with E-state index in [0.717, 1.165) is 28.8 Å². The third-order valence-corrected chi connectivity index (χ3v) is 6.95. The van der Waals surface area contributed by atoms with Gasteiger partial charge in [-0.3, -0.25) is 0 Å². The van der Waals surface area contributed by atoms with Crippen LogP contribution in [0.5, 0.6) is 5.75 Å². The van der Waals surface area contributed by atoms with Gasteiger partial charge in [0.1, 0.15) is 4.90 Å². The first-order chi connectivity index (χ1) is 13.9. The van der Waals surface area contributed by atoms with E-state index in [4.69, 9.17) is 0 Å². The maximum Gasteiger partial charge on any atom is 0.534 e. The van der Waals surface area contributed by atoms with Crippen LogP contribution in [-0.2, 0) is 20.0 Å². The first-order valence-electron chi connectivity index (χ1n) is 8.44. The Morgan fingerprint density at radius 1 is 0.733 bits per heavy atom. The minimum Gasteiger partial charge on any atom is -0.375 e. The first-order valence-corrected chi connectivity index (χ1v) is 11.3. The van der Waals surface area contributed by atoms with Crippen LogP contribution in [0.4, 0.5) is 13.2 Å². The maximum atomic E-state index is 12.9. The second kappa shape index (κ2) is 7.77. The highest BCUT2D eigenvalue weighted by Crippen LogP contribution is 2.34. The first kappa shape index (κ1) is 21.8. The van der Waals surface area contributed by atoms with Crippen molar-refractivity contribution in [1.82, 2.24) is 0 Å². The van der Waals surface area contributed by atoms with Crippen molar-refractivity contribution in [2.45, 2.75) is 22.2 Å². The van der Waals surface area contributed by atoms with Gasteiger partial charge in [-0.1, -0.05) is 54.1 Å². The van der Waals surface area contributed by atoms with Crippen molar-refractivity contribution < 1.29 is 34.2 Å². The van der Waals surface area contributed by atoms with E-state index in [1.165, 1.54) is 24.3 Å². The topological polar surface area (TPSA) is 77.5 Å². The second-order valence-corrected chi connectivity index (χ2v) is 9.78. The molecule has 0 heterocycles. The van der Waals surface area contributed by atoms with E-state index in [0.29, 0.717) is 0 Å². The van der Waals surface area contributed by atoms with Gasteiger partial charge in [0, 0.05) is 0 Å². The van der Waals surface area contributed by atoms with E-state index < -0.39 is 36.1 Å². The van der Waals surface area contributed by atoms with Crippen molar-refractivity contribution in [3.05, 3.63) is 78.4 Å². The van der Waals surface area contributed by atoms with Crippen LogP contribution in [0, 0.1) is 6.92 Å². The average molecular weight is 456 g/mol. The molecule has 3 aromatic rings. The molecule has 3 aromatic carbocycles. The predicted molar refractivity (Wildman–Crippen MR) is 104 cm³/mol. The highest BCUT2D eigenvalue weighted by molar-refractivity contribution is 7.91. The molecule has 0 amide bonds. The highest BCUT2D eigenvalue weighted by atomic mass is 32.2. The van der Waals surface area contributed by atoms with Crippen molar-refractivity contribution in [2.24, 2.45) is 0 Å². The Kier molecular flexibility index (Phi) is 5.66. The summed E-state index contributed by atoms with van der Waals surface area (Å²) in [6.45, 7) is 1.93. The van der Waals surface area contributed by atoms with Crippen LogP contribution >= 0.6 is 0 Å².